The van der Waals surface area contributed by atoms with Crippen molar-refractivity contribution in [2.24, 2.45) is 0 Å². The van der Waals surface area contributed by atoms with Crippen molar-refractivity contribution in [1.29, 1.82) is 0 Å². The molecule has 0 unspecified atom stereocenters. The minimum atomic E-state index is 1.16. The van der Waals surface area contributed by atoms with E-state index in [1.54, 1.807) is 0 Å². The molecule has 7 rings (SSSR count). The molecule has 2 nitrogen and oxygen atoms in total. The molecule has 2 heteroatoms. The number of hydrogen-bond acceptors (Lipinski definition) is 2. The summed E-state index contributed by atoms with van der Waals surface area (Å²) < 4.78 is 0. The Labute approximate surface area is 217 Å². The van der Waals surface area contributed by atoms with Crippen LogP contribution in [-0.4, -0.2) is 7.05 Å². The van der Waals surface area contributed by atoms with Crippen molar-refractivity contribution >= 4 is 33.5 Å². The van der Waals surface area contributed by atoms with Gasteiger partial charge in [-0.1, -0.05) is 97.1 Å². The van der Waals surface area contributed by atoms with Gasteiger partial charge in [-0.2, -0.15) is 0 Å². The summed E-state index contributed by atoms with van der Waals surface area (Å²) in [6.45, 7) is 0. The van der Waals surface area contributed by atoms with Gasteiger partial charge in [0.15, 0.2) is 0 Å². The van der Waals surface area contributed by atoms with Gasteiger partial charge in [-0.05, 0) is 64.0 Å². The Morgan fingerprint density at radius 3 is 2.05 bits per heavy atom. The Hall–Kier alpha value is -4.82. The zero-order chi connectivity index (χ0) is 24.8. The summed E-state index contributed by atoms with van der Waals surface area (Å²) in [6.07, 6.45) is 0. The quantitative estimate of drug-likeness (QED) is 0.273. The molecule has 1 aliphatic heterocycles. The van der Waals surface area contributed by atoms with E-state index in [0.717, 1.165) is 11.4 Å². The van der Waals surface area contributed by atoms with E-state index in [1.807, 2.05) is 0 Å². The molecule has 0 aromatic heterocycles. The minimum Gasteiger partial charge on any atom is -0.354 e. The van der Waals surface area contributed by atoms with E-state index in [4.69, 9.17) is 0 Å². The fraction of sp³-hybridized carbons (Fsp3) is 0.0286. The third-order valence-electron chi connectivity index (χ3n) is 7.42. The number of para-hydroxylation sites is 2. The van der Waals surface area contributed by atoms with Crippen LogP contribution in [-0.2, 0) is 0 Å². The molecule has 0 radical (unpaired) electrons. The predicted molar refractivity (Wildman–Crippen MR) is 158 cm³/mol. The van der Waals surface area contributed by atoms with Crippen LogP contribution in [0.1, 0.15) is 0 Å². The number of rotatable bonds is 4. The largest absolute Gasteiger partial charge is 0.354 e. The molecular weight excluding hydrogens is 448 g/mol. The van der Waals surface area contributed by atoms with E-state index in [-0.39, 0.29) is 0 Å². The number of nitrogens with zero attached hydrogens (tertiary/aromatic N) is 1. The lowest BCUT2D eigenvalue weighted by Crippen LogP contribution is -2.10. The summed E-state index contributed by atoms with van der Waals surface area (Å²) in [5.41, 5.74) is 12.1. The van der Waals surface area contributed by atoms with Crippen molar-refractivity contribution < 1.29 is 0 Å². The highest BCUT2D eigenvalue weighted by Crippen LogP contribution is 2.47. The fourth-order valence-corrected chi connectivity index (χ4v) is 5.59. The zero-order valence-corrected chi connectivity index (χ0v) is 20.6. The van der Waals surface area contributed by atoms with Crippen LogP contribution in [0.3, 0.4) is 0 Å². The van der Waals surface area contributed by atoms with Gasteiger partial charge < -0.3 is 10.2 Å². The molecule has 6 aromatic rings. The SMILES string of the molecule is CN(c1ccccc1)c1ccc(-c2ccc3c4c(cccc24)-c2ccccc2N3)cc1-c1ccccc1. The molecule has 37 heavy (non-hydrogen) atoms. The van der Waals surface area contributed by atoms with E-state index in [2.05, 4.69) is 151 Å². The van der Waals surface area contributed by atoms with E-state index in [0.29, 0.717) is 0 Å². The van der Waals surface area contributed by atoms with E-state index in [1.165, 1.54) is 55.5 Å². The highest BCUT2D eigenvalue weighted by Gasteiger charge is 2.20. The Kier molecular flexibility index (Phi) is 5.04. The second kappa shape index (κ2) is 8.69. The molecule has 0 bridgehead atoms. The van der Waals surface area contributed by atoms with Crippen molar-refractivity contribution in [3.63, 3.8) is 0 Å². The molecule has 0 aliphatic carbocycles. The summed E-state index contributed by atoms with van der Waals surface area (Å²) in [7, 11) is 2.14. The molecule has 6 aromatic carbocycles. The van der Waals surface area contributed by atoms with Crippen molar-refractivity contribution in [3.05, 3.63) is 133 Å². The first-order valence-corrected chi connectivity index (χ1v) is 12.7. The first kappa shape index (κ1) is 21.5. The van der Waals surface area contributed by atoms with Gasteiger partial charge in [0.2, 0.25) is 0 Å². The monoisotopic (exact) mass is 474 g/mol. The van der Waals surface area contributed by atoms with Crippen LogP contribution in [0, 0.1) is 0 Å². The highest BCUT2D eigenvalue weighted by atomic mass is 15.1. The molecule has 0 saturated heterocycles. The third-order valence-corrected chi connectivity index (χ3v) is 7.42. The van der Waals surface area contributed by atoms with Gasteiger partial charge in [-0.25, -0.2) is 0 Å². The maximum Gasteiger partial charge on any atom is 0.0488 e. The van der Waals surface area contributed by atoms with Crippen LogP contribution in [0.5, 0.6) is 0 Å². The smallest absolute Gasteiger partial charge is 0.0488 e. The highest BCUT2D eigenvalue weighted by molar-refractivity contribution is 6.15. The van der Waals surface area contributed by atoms with E-state index in [9.17, 15) is 0 Å². The Bertz CT molecular complexity index is 1750. The summed E-state index contributed by atoms with van der Waals surface area (Å²) in [5.74, 6) is 0. The fourth-order valence-electron chi connectivity index (χ4n) is 5.59. The van der Waals surface area contributed by atoms with Crippen LogP contribution in [0.25, 0.3) is 44.2 Å². The number of benzene rings is 6. The molecule has 1 N–H and O–H groups in total. The summed E-state index contributed by atoms with van der Waals surface area (Å²) in [6, 6.07) is 47.8. The van der Waals surface area contributed by atoms with E-state index >= 15 is 0 Å². The topological polar surface area (TPSA) is 15.3 Å². The molecule has 0 amide bonds. The lowest BCUT2D eigenvalue weighted by atomic mass is 9.88. The van der Waals surface area contributed by atoms with Gasteiger partial charge in [0.05, 0.1) is 0 Å². The van der Waals surface area contributed by atoms with Crippen molar-refractivity contribution in [2.45, 2.75) is 0 Å². The van der Waals surface area contributed by atoms with Crippen LogP contribution >= 0.6 is 0 Å². The first-order chi connectivity index (χ1) is 18.3. The van der Waals surface area contributed by atoms with Crippen LogP contribution in [0.4, 0.5) is 22.7 Å². The predicted octanol–water partition coefficient (Wildman–Crippen LogP) is 9.67. The maximum atomic E-state index is 3.66. The Balaban J connectivity index is 1.43. The normalized spacial score (nSPS) is 11.6. The summed E-state index contributed by atoms with van der Waals surface area (Å²) in [4.78, 5) is 2.27. The summed E-state index contributed by atoms with van der Waals surface area (Å²) >= 11 is 0. The Morgan fingerprint density at radius 2 is 1.22 bits per heavy atom. The zero-order valence-electron chi connectivity index (χ0n) is 20.6. The van der Waals surface area contributed by atoms with Gasteiger partial charge in [-0.3, -0.25) is 0 Å². The second-order valence-electron chi connectivity index (χ2n) is 9.55. The van der Waals surface area contributed by atoms with Crippen LogP contribution in [0.15, 0.2) is 133 Å². The lowest BCUT2D eigenvalue weighted by Gasteiger charge is -2.25. The Morgan fingerprint density at radius 1 is 0.486 bits per heavy atom. The van der Waals surface area contributed by atoms with Gasteiger partial charge in [0.1, 0.15) is 0 Å². The maximum absolute atomic E-state index is 3.66. The molecule has 1 aliphatic rings. The molecule has 0 saturated carbocycles. The van der Waals surface area contributed by atoms with E-state index < -0.39 is 0 Å². The average molecular weight is 475 g/mol. The minimum absolute atomic E-state index is 1.16. The average Bonchev–Trinajstić information content (AvgIpc) is 2.98. The molecule has 0 fully saturated rings. The van der Waals surface area contributed by atoms with Gasteiger partial charge >= 0.3 is 0 Å². The number of hydrogen-bond donors (Lipinski definition) is 1. The molecule has 176 valence electrons. The number of nitrogens with one attached hydrogen (secondary N) is 1. The van der Waals surface area contributed by atoms with Gasteiger partial charge in [0, 0.05) is 46.3 Å². The van der Waals surface area contributed by atoms with Gasteiger partial charge in [0.25, 0.3) is 0 Å². The van der Waals surface area contributed by atoms with Crippen molar-refractivity contribution in [3.8, 4) is 33.4 Å². The molecule has 1 heterocycles. The van der Waals surface area contributed by atoms with Gasteiger partial charge in [-0.15, -0.1) is 0 Å². The van der Waals surface area contributed by atoms with Crippen molar-refractivity contribution in [1.82, 2.24) is 0 Å². The number of fused-ring (bicyclic) bond motifs is 2. The standard InChI is InChI=1S/C35H26N2/c1-37(26-13-6-3-7-14-26)34-22-19-25(23-31(34)24-11-4-2-5-12-24)27-20-21-33-35-29(27)16-10-17-30(35)28-15-8-9-18-32(28)36-33/h2-23,36H,1H3. The van der Waals surface area contributed by atoms with Crippen molar-refractivity contribution in [2.75, 3.05) is 17.3 Å². The third kappa shape index (κ3) is 3.57. The van der Waals surface area contributed by atoms with Crippen LogP contribution in [0.2, 0.25) is 0 Å². The number of anilines is 4. The lowest BCUT2D eigenvalue weighted by molar-refractivity contribution is 1.21. The molecule has 0 spiro atoms. The first-order valence-electron chi connectivity index (χ1n) is 12.7. The summed E-state index contributed by atoms with van der Waals surface area (Å²) in [5, 5.41) is 6.20. The molecular formula is C35H26N2. The molecule has 0 atom stereocenters. The second-order valence-corrected chi connectivity index (χ2v) is 9.55. The van der Waals surface area contributed by atoms with Crippen LogP contribution < -0.4 is 10.2 Å².